The van der Waals surface area contributed by atoms with Crippen LogP contribution in [0.25, 0.3) is 0 Å². The van der Waals surface area contributed by atoms with Crippen LogP contribution in [-0.4, -0.2) is 11.2 Å². The molecule has 1 unspecified atom stereocenters. The van der Waals surface area contributed by atoms with E-state index in [0.717, 1.165) is 19.3 Å². The average Bonchev–Trinajstić information content (AvgIpc) is 1.87. The Morgan fingerprint density at radius 1 is 1.70 bits per heavy atom. The minimum atomic E-state index is -0.334. The van der Waals surface area contributed by atoms with E-state index in [4.69, 9.17) is 5.11 Å². The summed E-state index contributed by atoms with van der Waals surface area (Å²) in [5, 5.41) is 9.02. The molecule has 1 heteroatoms. The monoisotopic (exact) mass is 140 g/mol. The van der Waals surface area contributed by atoms with Gasteiger partial charge in [0.15, 0.2) is 0 Å². The van der Waals surface area contributed by atoms with Crippen molar-refractivity contribution in [3.63, 3.8) is 0 Å². The zero-order valence-electron chi connectivity index (χ0n) is 6.64. The van der Waals surface area contributed by atoms with Crippen LogP contribution in [0.3, 0.4) is 0 Å². The van der Waals surface area contributed by atoms with Crippen LogP contribution in [0.5, 0.6) is 0 Å². The van der Waals surface area contributed by atoms with Crippen molar-refractivity contribution in [2.75, 3.05) is 0 Å². The predicted octanol–water partition coefficient (Wildman–Crippen LogP) is 2.28. The molecule has 0 bridgehead atoms. The second-order valence-electron chi connectivity index (χ2n) is 2.65. The van der Waals surface area contributed by atoms with Crippen molar-refractivity contribution >= 4 is 0 Å². The van der Waals surface area contributed by atoms with Crippen molar-refractivity contribution < 1.29 is 5.11 Å². The quantitative estimate of drug-likeness (QED) is 0.581. The number of hydrogen-bond acceptors (Lipinski definition) is 1. The molecular weight excluding hydrogens is 124 g/mol. The van der Waals surface area contributed by atoms with Crippen molar-refractivity contribution in [1.82, 2.24) is 0 Å². The Balaban J connectivity index is 3.19. The van der Waals surface area contributed by atoms with E-state index in [1.54, 1.807) is 6.08 Å². The van der Waals surface area contributed by atoms with Gasteiger partial charge >= 0.3 is 0 Å². The molecule has 1 N–H and O–H groups in total. The van der Waals surface area contributed by atoms with Crippen LogP contribution in [-0.2, 0) is 0 Å². The van der Waals surface area contributed by atoms with Crippen molar-refractivity contribution in [2.45, 2.75) is 32.3 Å². The van der Waals surface area contributed by atoms with Gasteiger partial charge in [0.1, 0.15) is 0 Å². The van der Waals surface area contributed by atoms with Gasteiger partial charge in [-0.3, -0.25) is 0 Å². The molecule has 1 atom stereocenters. The summed E-state index contributed by atoms with van der Waals surface area (Å²) in [4.78, 5) is 0. The first kappa shape index (κ1) is 9.44. The molecule has 10 heavy (non-hydrogen) atoms. The second kappa shape index (κ2) is 5.24. The lowest BCUT2D eigenvalue weighted by Crippen LogP contribution is -2.00. The zero-order valence-corrected chi connectivity index (χ0v) is 6.64. The molecule has 0 radical (unpaired) electrons. The largest absolute Gasteiger partial charge is 0.389 e. The number of allylic oxidation sites excluding steroid dienone is 1. The highest BCUT2D eigenvalue weighted by molar-refractivity contribution is 4.88. The maximum Gasteiger partial charge on any atom is 0.0718 e. The maximum absolute atomic E-state index is 9.02. The van der Waals surface area contributed by atoms with Gasteiger partial charge in [-0.25, -0.2) is 0 Å². The molecule has 0 aromatic carbocycles. The van der Waals surface area contributed by atoms with Gasteiger partial charge in [0.2, 0.25) is 0 Å². The molecule has 0 fully saturated rings. The van der Waals surface area contributed by atoms with E-state index in [2.05, 4.69) is 13.2 Å². The Hall–Kier alpha value is -0.560. The number of rotatable bonds is 5. The predicted molar refractivity (Wildman–Crippen MR) is 44.9 cm³/mol. The molecule has 0 amide bonds. The highest BCUT2D eigenvalue weighted by Gasteiger charge is 1.96. The van der Waals surface area contributed by atoms with E-state index in [9.17, 15) is 0 Å². The molecule has 0 aliphatic carbocycles. The second-order valence-corrected chi connectivity index (χ2v) is 2.65. The molecule has 0 saturated heterocycles. The van der Waals surface area contributed by atoms with Crippen molar-refractivity contribution in [3.8, 4) is 0 Å². The lowest BCUT2D eigenvalue weighted by molar-refractivity contribution is 0.210. The third-order valence-corrected chi connectivity index (χ3v) is 1.38. The van der Waals surface area contributed by atoms with Crippen LogP contribution in [0.1, 0.15) is 26.2 Å². The Bertz CT molecular complexity index is 116. The molecular formula is C9H16O. The lowest BCUT2D eigenvalue weighted by atomic mass is 10.1. The zero-order chi connectivity index (χ0) is 7.98. The van der Waals surface area contributed by atoms with Gasteiger partial charge in [-0.05, 0) is 26.2 Å². The van der Waals surface area contributed by atoms with E-state index in [1.807, 2.05) is 6.92 Å². The summed E-state index contributed by atoms with van der Waals surface area (Å²) in [5.74, 6) is 0. The van der Waals surface area contributed by atoms with Gasteiger partial charge in [-0.2, -0.15) is 0 Å². The van der Waals surface area contributed by atoms with Crippen LogP contribution in [0, 0.1) is 0 Å². The number of aliphatic hydroxyl groups excluding tert-OH is 1. The smallest absolute Gasteiger partial charge is 0.0718 e. The summed E-state index contributed by atoms with van der Waals surface area (Å²) in [6.45, 7) is 9.26. The molecule has 0 spiro atoms. The molecule has 0 aliphatic heterocycles. The fourth-order valence-corrected chi connectivity index (χ4v) is 0.731. The van der Waals surface area contributed by atoms with E-state index in [-0.39, 0.29) is 6.10 Å². The van der Waals surface area contributed by atoms with Crippen LogP contribution in [0.2, 0.25) is 0 Å². The molecule has 0 rings (SSSR count). The third-order valence-electron chi connectivity index (χ3n) is 1.38. The first-order chi connectivity index (χ1) is 4.66. The summed E-state index contributed by atoms with van der Waals surface area (Å²) in [6.07, 6.45) is 4.04. The van der Waals surface area contributed by atoms with E-state index in [1.165, 1.54) is 5.57 Å². The van der Waals surface area contributed by atoms with Gasteiger partial charge in [0.05, 0.1) is 6.10 Å². The van der Waals surface area contributed by atoms with Crippen molar-refractivity contribution in [1.29, 1.82) is 0 Å². The Labute approximate surface area is 63.1 Å². The van der Waals surface area contributed by atoms with Crippen molar-refractivity contribution in [3.05, 3.63) is 24.8 Å². The molecule has 0 aromatic rings. The topological polar surface area (TPSA) is 20.2 Å². The fraction of sp³-hybridized carbons (Fsp3) is 0.556. The molecule has 0 heterocycles. The van der Waals surface area contributed by atoms with Crippen molar-refractivity contribution in [2.24, 2.45) is 0 Å². The van der Waals surface area contributed by atoms with E-state index in [0.29, 0.717) is 0 Å². The maximum atomic E-state index is 9.02. The SMILES string of the molecule is C=CC(O)CCCC(=C)C. The Morgan fingerprint density at radius 2 is 2.30 bits per heavy atom. The molecule has 0 saturated carbocycles. The van der Waals surface area contributed by atoms with Crippen LogP contribution in [0.4, 0.5) is 0 Å². The average molecular weight is 140 g/mol. The molecule has 0 aliphatic rings. The van der Waals surface area contributed by atoms with Crippen LogP contribution < -0.4 is 0 Å². The highest BCUT2D eigenvalue weighted by atomic mass is 16.3. The molecule has 58 valence electrons. The summed E-state index contributed by atoms with van der Waals surface area (Å²) in [5.41, 5.74) is 1.18. The summed E-state index contributed by atoms with van der Waals surface area (Å²) < 4.78 is 0. The lowest BCUT2D eigenvalue weighted by Gasteiger charge is -2.03. The minimum absolute atomic E-state index is 0.334. The molecule has 0 aromatic heterocycles. The summed E-state index contributed by atoms with van der Waals surface area (Å²) in [7, 11) is 0. The standard InChI is InChI=1S/C9H16O/c1-4-9(10)7-5-6-8(2)3/h4,9-10H,1-2,5-7H2,3H3. The van der Waals surface area contributed by atoms with Crippen LogP contribution in [0.15, 0.2) is 24.8 Å². The first-order valence-corrected chi connectivity index (χ1v) is 3.62. The Kier molecular flexibility index (Phi) is 4.95. The van der Waals surface area contributed by atoms with Gasteiger partial charge in [-0.1, -0.05) is 11.6 Å². The number of aliphatic hydroxyl groups is 1. The Morgan fingerprint density at radius 3 is 2.70 bits per heavy atom. The minimum Gasteiger partial charge on any atom is -0.389 e. The van der Waals surface area contributed by atoms with Gasteiger partial charge in [-0.15, -0.1) is 13.2 Å². The van der Waals surface area contributed by atoms with Crippen LogP contribution >= 0.6 is 0 Å². The third kappa shape index (κ3) is 5.57. The van der Waals surface area contributed by atoms with E-state index < -0.39 is 0 Å². The fourth-order valence-electron chi connectivity index (χ4n) is 0.731. The highest BCUT2D eigenvalue weighted by Crippen LogP contribution is 2.06. The summed E-state index contributed by atoms with van der Waals surface area (Å²) >= 11 is 0. The molecule has 1 nitrogen and oxygen atoms in total. The summed E-state index contributed by atoms with van der Waals surface area (Å²) in [6, 6.07) is 0. The van der Waals surface area contributed by atoms with E-state index >= 15 is 0 Å². The van der Waals surface area contributed by atoms with Gasteiger partial charge in [0, 0.05) is 0 Å². The first-order valence-electron chi connectivity index (χ1n) is 3.62. The normalized spacial score (nSPS) is 12.6. The van der Waals surface area contributed by atoms with Gasteiger partial charge < -0.3 is 5.11 Å². The van der Waals surface area contributed by atoms with Gasteiger partial charge in [0.25, 0.3) is 0 Å². The number of hydrogen-bond donors (Lipinski definition) is 1.